The van der Waals surface area contributed by atoms with Crippen LogP contribution in [0.1, 0.15) is 39.5 Å². The molecule has 0 radical (unpaired) electrons. The van der Waals surface area contributed by atoms with Gasteiger partial charge in [-0.2, -0.15) is 0 Å². The molecule has 0 saturated carbocycles. The van der Waals surface area contributed by atoms with E-state index in [0.717, 1.165) is 5.92 Å². The SMILES string of the molecule is CC[Si](C)(C)CC1C=C(C)C2=C1CCCC2. The molecule has 1 atom stereocenters. The van der Waals surface area contributed by atoms with E-state index in [-0.39, 0.29) is 0 Å². The molecule has 0 nitrogen and oxygen atoms in total. The van der Waals surface area contributed by atoms with Gasteiger partial charge in [-0.1, -0.05) is 43.3 Å². The van der Waals surface area contributed by atoms with Gasteiger partial charge in [-0.3, -0.25) is 0 Å². The molecule has 0 fully saturated rings. The summed E-state index contributed by atoms with van der Waals surface area (Å²) < 4.78 is 0. The second-order valence-corrected chi connectivity index (χ2v) is 11.8. The predicted molar refractivity (Wildman–Crippen MR) is 75.5 cm³/mol. The summed E-state index contributed by atoms with van der Waals surface area (Å²) in [7, 11) is -0.927. The van der Waals surface area contributed by atoms with Crippen molar-refractivity contribution >= 4 is 8.07 Å². The van der Waals surface area contributed by atoms with Crippen molar-refractivity contribution in [2.75, 3.05) is 0 Å². The molecule has 0 heterocycles. The van der Waals surface area contributed by atoms with Crippen LogP contribution in [0.25, 0.3) is 0 Å². The van der Waals surface area contributed by atoms with Gasteiger partial charge in [0.05, 0.1) is 0 Å². The minimum atomic E-state index is -0.927. The average molecular weight is 234 g/mol. The van der Waals surface area contributed by atoms with Crippen LogP contribution >= 0.6 is 0 Å². The molecule has 90 valence electrons. The molecular formula is C15H26Si. The summed E-state index contributed by atoms with van der Waals surface area (Å²) in [6, 6.07) is 2.92. The summed E-state index contributed by atoms with van der Waals surface area (Å²) in [6.07, 6.45) is 8.20. The van der Waals surface area contributed by atoms with E-state index in [1.54, 1.807) is 11.1 Å². The van der Waals surface area contributed by atoms with E-state index in [9.17, 15) is 0 Å². The monoisotopic (exact) mass is 234 g/mol. The Kier molecular flexibility index (Phi) is 3.44. The lowest BCUT2D eigenvalue weighted by Gasteiger charge is -2.27. The van der Waals surface area contributed by atoms with Crippen molar-refractivity contribution in [2.45, 2.75) is 64.7 Å². The molecule has 0 amide bonds. The van der Waals surface area contributed by atoms with Crippen LogP contribution in [0.3, 0.4) is 0 Å². The lowest BCUT2D eigenvalue weighted by molar-refractivity contribution is 0.640. The van der Waals surface area contributed by atoms with Gasteiger partial charge in [0.15, 0.2) is 0 Å². The highest BCUT2D eigenvalue weighted by Gasteiger charge is 2.30. The molecule has 0 bridgehead atoms. The van der Waals surface area contributed by atoms with Crippen LogP contribution in [0, 0.1) is 5.92 Å². The second-order valence-electron chi connectivity index (χ2n) is 6.39. The molecule has 1 heteroatoms. The molecule has 2 aliphatic rings. The molecule has 2 rings (SSSR count). The standard InChI is InChI=1S/C15H26Si/c1-5-16(3,4)11-13-10-12(2)14-8-6-7-9-15(13)14/h10,13H,5-9,11H2,1-4H3. The van der Waals surface area contributed by atoms with Gasteiger partial charge in [-0.05, 0) is 50.1 Å². The Hall–Kier alpha value is -0.303. The van der Waals surface area contributed by atoms with Crippen LogP contribution in [0.4, 0.5) is 0 Å². The van der Waals surface area contributed by atoms with Gasteiger partial charge in [0.2, 0.25) is 0 Å². The minimum absolute atomic E-state index is 0.830. The van der Waals surface area contributed by atoms with Crippen molar-refractivity contribution in [3.8, 4) is 0 Å². The fourth-order valence-corrected chi connectivity index (χ4v) is 5.06. The molecule has 2 aliphatic carbocycles. The first-order chi connectivity index (χ1) is 7.53. The van der Waals surface area contributed by atoms with E-state index in [4.69, 9.17) is 0 Å². The van der Waals surface area contributed by atoms with Crippen LogP contribution in [0.15, 0.2) is 22.8 Å². The van der Waals surface area contributed by atoms with Gasteiger partial charge in [-0.25, -0.2) is 0 Å². The summed E-state index contributed by atoms with van der Waals surface area (Å²) in [4.78, 5) is 0. The molecule has 0 saturated heterocycles. The third-order valence-corrected chi connectivity index (χ3v) is 8.07. The first-order valence-corrected chi connectivity index (χ1v) is 10.4. The van der Waals surface area contributed by atoms with E-state index < -0.39 is 8.07 Å². The zero-order valence-electron chi connectivity index (χ0n) is 11.4. The Labute approximate surface area is 102 Å². The van der Waals surface area contributed by atoms with Gasteiger partial charge < -0.3 is 0 Å². The van der Waals surface area contributed by atoms with Crippen LogP contribution in [0.5, 0.6) is 0 Å². The molecule has 0 aromatic rings. The van der Waals surface area contributed by atoms with Crippen molar-refractivity contribution < 1.29 is 0 Å². The molecule has 0 aromatic carbocycles. The maximum atomic E-state index is 2.58. The van der Waals surface area contributed by atoms with E-state index in [2.05, 4.69) is 33.0 Å². The zero-order valence-corrected chi connectivity index (χ0v) is 12.4. The maximum Gasteiger partial charge on any atom is 0.0480 e. The highest BCUT2D eigenvalue weighted by atomic mass is 28.3. The topological polar surface area (TPSA) is 0 Å². The normalized spacial score (nSPS) is 25.8. The lowest BCUT2D eigenvalue weighted by atomic mass is 9.88. The quantitative estimate of drug-likeness (QED) is 0.592. The third kappa shape index (κ3) is 2.34. The summed E-state index contributed by atoms with van der Waals surface area (Å²) in [5, 5.41) is 0. The van der Waals surface area contributed by atoms with E-state index in [0.29, 0.717) is 0 Å². The van der Waals surface area contributed by atoms with Crippen LogP contribution in [-0.2, 0) is 0 Å². The highest BCUT2D eigenvalue weighted by Crippen LogP contribution is 2.43. The first-order valence-electron chi connectivity index (χ1n) is 6.94. The van der Waals surface area contributed by atoms with Crippen molar-refractivity contribution in [1.82, 2.24) is 0 Å². The van der Waals surface area contributed by atoms with Crippen LogP contribution < -0.4 is 0 Å². The third-order valence-electron chi connectivity index (χ3n) is 4.61. The number of hydrogen-bond donors (Lipinski definition) is 0. The average Bonchev–Trinajstić information content (AvgIpc) is 2.56. The Morgan fingerprint density at radius 1 is 1.25 bits per heavy atom. The van der Waals surface area contributed by atoms with Gasteiger partial charge in [0.1, 0.15) is 0 Å². The second kappa shape index (κ2) is 4.52. The van der Waals surface area contributed by atoms with Gasteiger partial charge in [-0.15, -0.1) is 0 Å². The lowest BCUT2D eigenvalue weighted by Crippen LogP contribution is -2.27. The predicted octanol–water partition coefficient (Wildman–Crippen LogP) is 5.16. The highest BCUT2D eigenvalue weighted by molar-refractivity contribution is 6.77. The van der Waals surface area contributed by atoms with Gasteiger partial charge in [0, 0.05) is 8.07 Å². The molecule has 1 unspecified atom stereocenters. The molecular weight excluding hydrogens is 208 g/mol. The Bertz CT molecular complexity index is 333. The summed E-state index contributed by atoms with van der Waals surface area (Å²) in [5.41, 5.74) is 5.19. The van der Waals surface area contributed by atoms with E-state index in [1.165, 1.54) is 37.8 Å². The summed E-state index contributed by atoms with van der Waals surface area (Å²) in [6.45, 7) is 9.82. The zero-order chi connectivity index (χ0) is 11.8. The molecule has 16 heavy (non-hydrogen) atoms. The minimum Gasteiger partial charge on any atom is -0.0744 e. The fraction of sp³-hybridized carbons (Fsp3) is 0.733. The molecule has 0 aromatic heterocycles. The van der Waals surface area contributed by atoms with E-state index >= 15 is 0 Å². The number of rotatable bonds is 3. The molecule has 0 N–H and O–H groups in total. The van der Waals surface area contributed by atoms with Crippen molar-refractivity contribution in [3.63, 3.8) is 0 Å². The van der Waals surface area contributed by atoms with Crippen LogP contribution in [0.2, 0.25) is 25.2 Å². The molecule has 0 aliphatic heterocycles. The van der Waals surface area contributed by atoms with Gasteiger partial charge in [0.25, 0.3) is 0 Å². The van der Waals surface area contributed by atoms with E-state index in [1.807, 2.05) is 5.57 Å². The van der Waals surface area contributed by atoms with Crippen molar-refractivity contribution in [3.05, 3.63) is 22.8 Å². The van der Waals surface area contributed by atoms with Crippen molar-refractivity contribution in [2.24, 2.45) is 5.92 Å². The smallest absolute Gasteiger partial charge is 0.0480 e. The maximum absolute atomic E-state index is 2.58. The first kappa shape index (κ1) is 12.2. The number of allylic oxidation sites excluding steroid dienone is 4. The summed E-state index contributed by atoms with van der Waals surface area (Å²) in [5.74, 6) is 0.830. The Morgan fingerprint density at radius 3 is 2.62 bits per heavy atom. The largest absolute Gasteiger partial charge is 0.0744 e. The molecule has 0 spiro atoms. The fourth-order valence-electron chi connectivity index (χ4n) is 3.21. The van der Waals surface area contributed by atoms with Crippen LogP contribution in [-0.4, -0.2) is 8.07 Å². The van der Waals surface area contributed by atoms with Gasteiger partial charge >= 0.3 is 0 Å². The summed E-state index contributed by atoms with van der Waals surface area (Å²) >= 11 is 0. The Morgan fingerprint density at radius 2 is 1.94 bits per heavy atom. The Balaban J connectivity index is 2.15. The number of hydrogen-bond acceptors (Lipinski definition) is 0. The van der Waals surface area contributed by atoms with Crippen molar-refractivity contribution in [1.29, 1.82) is 0 Å².